The average Bonchev–Trinajstić information content (AvgIpc) is 2.45. The van der Waals surface area contributed by atoms with Crippen LogP contribution in [0.4, 0.5) is 0 Å². The zero-order chi connectivity index (χ0) is 19.4. The molecule has 0 saturated carbocycles. The summed E-state index contributed by atoms with van der Waals surface area (Å²) in [6, 6.07) is 0. The van der Waals surface area contributed by atoms with Crippen molar-refractivity contribution >= 4 is 22.9 Å². The monoisotopic (exact) mass is 398 g/mol. The van der Waals surface area contributed by atoms with Crippen LogP contribution in [0.3, 0.4) is 0 Å². The molecular weight excluding hydrogens is 359 g/mol. The van der Waals surface area contributed by atoms with Gasteiger partial charge in [0.25, 0.3) is 0 Å². The van der Waals surface area contributed by atoms with Crippen LogP contribution in [0.15, 0.2) is 0 Å². The fraction of sp³-hybridized carbons (Fsp3) is 0.944. The van der Waals surface area contributed by atoms with Crippen LogP contribution in [-0.4, -0.2) is 51.4 Å². The fourth-order valence-electron chi connectivity index (χ4n) is 3.18. The zero-order valence-electron chi connectivity index (χ0n) is 16.6. The van der Waals surface area contributed by atoms with Gasteiger partial charge in [0.2, 0.25) is 0 Å². The van der Waals surface area contributed by atoms with Gasteiger partial charge in [0.1, 0.15) is 0 Å². The molecule has 0 saturated heterocycles. The van der Waals surface area contributed by atoms with E-state index in [1.54, 1.807) is 0 Å². The standard InChI is InChI=1S/C18H39O5PS/c1-5-6-7-8-9-10-11-12-13-14-16-24(2,3,17-15-18(19)20)23-25(4,21)22/h5-17H2,1-4H3,(H,19,20). The van der Waals surface area contributed by atoms with E-state index >= 15 is 0 Å². The van der Waals surface area contributed by atoms with Crippen LogP contribution in [0.1, 0.15) is 77.6 Å². The van der Waals surface area contributed by atoms with Crippen molar-refractivity contribution in [3.8, 4) is 0 Å². The van der Waals surface area contributed by atoms with Crippen molar-refractivity contribution in [2.45, 2.75) is 77.6 Å². The molecule has 0 aromatic heterocycles. The Morgan fingerprint density at radius 2 is 1.32 bits per heavy atom. The van der Waals surface area contributed by atoms with E-state index in [9.17, 15) is 13.2 Å². The van der Waals surface area contributed by atoms with Gasteiger partial charge in [-0.1, -0.05) is 0 Å². The summed E-state index contributed by atoms with van der Waals surface area (Å²) >= 11 is 0. The molecular formula is C18H39O5PS. The second kappa shape index (κ2) is 11.5. The Bertz CT molecular complexity index is 488. The number of hydrogen-bond acceptors (Lipinski definition) is 4. The van der Waals surface area contributed by atoms with Gasteiger partial charge in [0.05, 0.1) is 0 Å². The SMILES string of the molecule is CCCCCCCCCCCCP(C)(C)(CCC(=O)O)OS(C)(=O)=O. The summed E-state index contributed by atoms with van der Waals surface area (Å²) in [5.41, 5.74) is 0. The molecule has 7 heteroatoms. The van der Waals surface area contributed by atoms with Crippen LogP contribution >= 0.6 is 6.83 Å². The topological polar surface area (TPSA) is 80.7 Å². The van der Waals surface area contributed by atoms with E-state index < -0.39 is 22.9 Å². The van der Waals surface area contributed by atoms with Gasteiger partial charge in [-0.05, 0) is 0 Å². The number of hydrogen-bond donors (Lipinski definition) is 1. The molecule has 25 heavy (non-hydrogen) atoms. The minimum atomic E-state index is -3.59. The third-order valence-electron chi connectivity index (χ3n) is 4.62. The first kappa shape index (κ1) is 24.8. The van der Waals surface area contributed by atoms with E-state index in [0.29, 0.717) is 12.3 Å². The predicted octanol–water partition coefficient (Wildman–Crippen LogP) is 5.09. The molecule has 0 heterocycles. The van der Waals surface area contributed by atoms with E-state index in [0.717, 1.165) is 25.5 Å². The maximum absolute atomic E-state index is 11.6. The summed E-state index contributed by atoms with van der Waals surface area (Å²) < 4.78 is 28.8. The van der Waals surface area contributed by atoms with E-state index in [4.69, 9.17) is 9.08 Å². The van der Waals surface area contributed by atoms with E-state index in [-0.39, 0.29) is 6.42 Å². The first-order valence-electron chi connectivity index (χ1n) is 9.61. The summed E-state index contributed by atoms with van der Waals surface area (Å²) in [7, 11) is -3.59. The third kappa shape index (κ3) is 14.6. The van der Waals surface area contributed by atoms with Crippen molar-refractivity contribution in [1.82, 2.24) is 0 Å². The van der Waals surface area contributed by atoms with Gasteiger partial charge in [-0.3, -0.25) is 0 Å². The van der Waals surface area contributed by atoms with E-state index in [2.05, 4.69) is 6.92 Å². The Morgan fingerprint density at radius 3 is 1.72 bits per heavy atom. The molecule has 0 aromatic carbocycles. The Hall–Kier alpha value is -0.190. The summed E-state index contributed by atoms with van der Waals surface area (Å²) in [6.07, 6.45) is 14.2. The summed E-state index contributed by atoms with van der Waals surface area (Å²) in [6.45, 7) is 2.94. The summed E-state index contributed by atoms with van der Waals surface area (Å²) in [5, 5.41) is 8.95. The first-order chi connectivity index (χ1) is 11.5. The molecule has 152 valence electrons. The molecule has 0 aromatic rings. The normalized spacial score (nSPS) is 14.2. The molecule has 0 bridgehead atoms. The molecule has 0 aliphatic heterocycles. The van der Waals surface area contributed by atoms with Crippen molar-refractivity contribution in [2.24, 2.45) is 0 Å². The number of carboxylic acids is 1. The Kier molecular flexibility index (Phi) is 11.4. The van der Waals surface area contributed by atoms with Crippen LogP contribution in [0.5, 0.6) is 0 Å². The van der Waals surface area contributed by atoms with Crippen LogP contribution in [0.25, 0.3) is 0 Å². The van der Waals surface area contributed by atoms with Gasteiger partial charge in [-0.2, -0.15) is 0 Å². The van der Waals surface area contributed by atoms with Gasteiger partial charge in [0.15, 0.2) is 0 Å². The number of carbonyl (C=O) groups is 1. The summed E-state index contributed by atoms with van der Waals surface area (Å²) in [5.74, 6) is -0.905. The average molecular weight is 399 g/mol. The molecule has 0 radical (unpaired) electrons. The van der Waals surface area contributed by atoms with Crippen molar-refractivity contribution in [1.29, 1.82) is 0 Å². The molecule has 0 unspecified atom stereocenters. The molecule has 0 aliphatic rings. The van der Waals surface area contributed by atoms with Crippen LogP contribution in [0.2, 0.25) is 0 Å². The van der Waals surface area contributed by atoms with Crippen molar-refractivity contribution in [3.05, 3.63) is 0 Å². The molecule has 1 N–H and O–H groups in total. The van der Waals surface area contributed by atoms with Crippen LogP contribution in [0, 0.1) is 0 Å². The molecule has 0 atom stereocenters. The second-order valence-electron chi connectivity index (χ2n) is 8.11. The van der Waals surface area contributed by atoms with E-state index in [1.165, 1.54) is 44.9 Å². The Labute approximate surface area is 155 Å². The van der Waals surface area contributed by atoms with E-state index in [1.807, 2.05) is 13.3 Å². The molecule has 0 aliphatic carbocycles. The second-order valence-corrected chi connectivity index (χ2v) is 16.1. The summed E-state index contributed by atoms with van der Waals surface area (Å²) in [4.78, 5) is 10.9. The molecule has 0 rings (SSSR count). The van der Waals surface area contributed by atoms with Gasteiger partial charge in [0, 0.05) is 0 Å². The zero-order valence-corrected chi connectivity index (χ0v) is 18.3. The fourth-order valence-corrected chi connectivity index (χ4v) is 9.80. The predicted molar refractivity (Wildman–Crippen MR) is 109 cm³/mol. The molecule has 5 nitrogen and oxygen atoms in total. The molecule has 0 fully saturated rings. The number of aliphatic carboxylic acids is 1. The van der Waals surface area contributed by atoms with Gasteiger partial charge in [-0.15, -0.1) is 0 Å². The quantitative estimate of drug-likeness (QED) is 0.289. The molecule has 0 spiro atoms. The Morgan fingerprint density at radius 1 is 0.880 bits per heavy atom. The van der Waals surface area contributed by atoms with Crippen molar-refractivity contribution in [2.75, 3.05) is 31.9 Å². The van der Waals surface area contributed by atoms with Gasteiger partial charge >= 0.3 is 155 Å². The number of rotatable bonds is 16. The van der Waals surface area contributed by atoms with Gasteiger partial charge < -0.3 is 0 Å². The number of unbranched alkanes of at least 4 members (excludes halogenated alkanes) is 9. The van der Waals surface area contributed by atoms with Gasteiger partial charge in [-0.25, -0.2) is 0 Å². The van der Waals surface area contributed by atoms with Crippen LogP contribution < -0.4 is 0 Å². The van der Waals surface area contributed by atoms with Crippen molar-refractivity contribution < 1.29 is 22.3 Å². The number of carboxylic acid groups (broad SMARTS) is 1. The van der Waals surface area contributed by atoms with Crippen LogP contribution in [-0.2, 0) is 18.9 Å². The Balaban J connectivity index is 4.21. The third-order valence-corrected chi connectivity index (χ3v) is 11.1. The maximum atomic E-state index is 11.6. The minimum absolute atomic E-state index is 0.0435. The molecule has 0 amide bonds. The van der Waals surface area contributed by atoms with Crippen molar-refractivity contribution in [3.63, 3.8) is 0 Å². The first-order valence-corrected chi connectivity index (χ1v) is 14.8.